The first-order valence-corrected chi connectivity index (χ1v) is 8.70. The van der Waals surface area contributed by atoms with Crippen molar-refractivity contribution in [3.8, 4) is 0 Å². The summed E-state index contributed by atoms with van der Waals surface area (Å²) in [5, 5.41) is 5.22. The van der Waals surface area contributed by atoms with Crippen molar-refractivity contribution in [2.24, 2.45) is 0 Å². The summed E-state index contributed by atoms with van der Waals surface area (Å²) >= 11 is 4.98. The molecule has 2 aromatic rings. The van der Waals surface area contributed by atoms with Gasteiger partial charge in [-0.05, 0) is 41.4 Å². The van der Waals surface area contributed by atoms with E-state index in [1.807, 2.05) is 26.0 Å². The van der Waals surface area contributed by atoms with Crippen LogP contribution in [0, 0.1) is 0 Å². The maximum absolute atomic E-state index is 13.1. The minimum absolute atomic E-state index is 0.00864. The minimum atomic E-state index is -4.53. The average Bonchev–Trinajstić information content (AvgIpc) is 2.61. The summed E-state index contributed by atoms with van der Waals surface area (Å²) in [4.78, 5) is 16.9. The summed E-state index contributed by atoms with van der Waals surface area (Å²) < 4.78 is 39.4. The smallest absolute Gasteiger partial charge is 0.365 e. The molecule has 1 heterocycles. The number of aromatic nitrogens is 1. The number of nitrogens with zero attached hydrogens (tertiary/aromatic N) is 1. The second-order valence-corrected chi connectivity index (χ2v) is 6.66. The van der Waals surface area contributed by atoms with Crippen LogP contribution in [0.15, 0.2) is 42.6 Å². The van der Waals surface area contributed by atoms with E-state index in [0.29, 0.717) is 5.56 Å². The molecule has 0 fully saturated rings. The Bertz CT molecular complexity index is 837. The number of thiocarbonyl (C=S) groups is 1. The van der Waals surface area contributed by atoms with Gasteiger partial charge in [0.05, 0.1) is 11.3 Å². The van der Waals surface area contributed by atoms with E-state index in [-0.39, 0.29) is 16.7 Å². The lowest BCUT2D eigenvalue weighted by atomic mass is 9.86. The fraction of sp³-hybridized carbons (Fsp3) is 0.316. The van der Waals surface area contributed by atoms with Gasteiger partial charge in [0.1, 0.15) is 5.92 Å². The van der Waals surface area contributed by atoms with Crippen LogP contribution in [0.2, 0.25) is 0 Å². The van der Waals surface area contributed by atoms with Gasteiger partial charge in [0, 0.05) is 13.2 Å². The largest absolute Gasteiger partial charge is 0.416 e. The van der Waals surface area contributed by atoms with Gasteiger partial charge in [-0.2, -0.15) is 13.2 Å². The van der Waals surface area contributed by atoms with Crippen molar-refractivity contribution >= 4 is 23.2 Å². The number of rotatable bonds is 4. The van der Waals surface area contributed by atoms with Crippen molar-refractivity contribution in [1.82, 2.24) is 15.6 Å². The van der Waals surface area contributed by atoms with Gasteiger partial charge in [0.25, 0.3) is 0 Å². The van der Waals surface area contributed by atoms with Gasteiger partial charge in [0.2, 0.25) is 5.91 Å². The van der Waals surface area contributed by atoms with E-state index < -0.39 is 23.6 Å². The van der Waals surface area contributed by atoms with E-state index in [1.165, 1.54) is 0 Å². The van der Waals surface area contributed by atoms with Gasteiger partial charge in [0.15, 0.2) is 5.11 Å². The van der Waals surface area contributed by atoms with Crippen molar-refractivity contribution in [3.05, 3.63) is 65.0 Å². The molecule has 8 heteroatoms. The number of alkyl halides is 3. The standard InChI is InChI=1S/C19H20F3N3OS/c1-11(2)13-6-4-5-7-14(13)16(17(26)25-18(27)23-3)15-10-12(8-9-24-15)19(20,21)22/h4-11,16H,1-3H3,(H2,23,25,26,27). The predicted molar refractivity (Wildman–Crippen MR) is 101 cm³/mol. The van der Waals surface area contributed by atoms with Gasteiger partial charge in [-0.15, -0.1) is 0 Å². The Balaban J connectivity index is 2.62. The summed E-state index contributed by atoms with van der Waals surface area (Å²) in [6, 6.07) is 8.93. The van der Waals surface area contributed by atoms with Crippen molar-refractivity contribution in [2.45, 2.75) is 31.9 Å². The first-order valence-electron chi connectivity index (χ1n) is 8.29. The van der Waals surface area contributed by atoms with Crippen LogP contribution in [0.25, 0.3) is 0 Å². The summed E-state index contributed by atoms with van der Waals surface area (Å²) in [6.07, 6.45) is -3.47. The molecule has 0 spiro atoms. The second kappa shape index (κ2) is 8.47. The molecule has 0 saturated carbocycles. The predicted octanol–water partition coefficient (Wildman–Crippen LogP) is 3.98. The van der Waals surface area contributed by atoms with Gasteiger partial charge >= 0.3 is 6.18 Å². The highest BCUT2D eigenvalue weighted by molar-refractivity contribution is 7.80. The Labute approximate surface area is 161 Å². The zero-order valence-corrected chi connectivity index (χ0v) is 15.9. The van der Waals surface area contributed by atoms with Crippen molar-refractivity contribution in [2.75, 3.05) is 7.05 Å². The highest BCUT2D eigenvalue weighted by Crippen LogP contribution is 2.34. The summed E-state index contributed by atoms with van der Waals surface area (Å²) in [5.74, 6) is -1.51. The molecule has 1 atom stereocenters. The molecule has 2 N–H and O–H groups in total. The van der Waals surface area contributed by atoms with Crippen LogP contribution in [0.3, 0.4) is 0 Å². The molecule has 0 saturated heterocycles. The molecule has 1 aromatic carbocycles. The van der Waals surface area contributed by atoms with E-state index in [9.17, 15) is 18.0 Å². The SMILES string of the molecule is CNC(=S)NC(=O)C(c1cc(C(F)(F)F)ccn1)c1ccccc1C(C)C. The summed E-state index contributed by atoms with van der Waals surface area (Å²) in [5.41, 5.74) is 0.598. The molecule has 0 aliphatic carbocycles. The Kier molecular flexibility index (Phi) is 6.54. The molecule has 0 aliphatic rings. The minimum Gasteiger partial charge on any atom is -0.365 e. The van der Waals surface area contributed by atoms with Gasteiger partial charge in [-0.25, -0.2) is 0 Å². The van der Waals surface area contributed by atoms with Crippen LogP contribution in [-0.4, -0.2) is 23.1 Å². The maximum Gasteiger partial charge on any atom is 0.416 e. The monoisotopic (exact) mass is 395 g/mol. The lowest BCUT2D eigenvalue weighted by molar-refractivity contribution is -0.137. The van der Waals surface area contributed by atoms with E-state index in [0.717, 1.165) is 23.9 Å². The average molecular weight is 395 g/mol. The summed E-state index contributed by atoms with van der Waals surface area (Å²) in [7, 11) is 1.54. The molecular formula is C19H20F3N3OS. The van der Waals surface area contributed by atoms with E-state index in [4.69, 9.17) is 12.2 Å². The van der Waals surface area contributed by atoms with E-state index in [2.05, 4.69) is 15.6 Å². The lowest BCUT2D eigenvalue weighted by Crippen LogP contribution is -2.40. The Morgan fingerprint density at radius 2 is 1.78 bits per heavy atom. The second-order valence-electron chi connectivity index (χ2n) is 6.25. The number of carbonyl (C=O) groups is 1. The molecular weight excluding hydrogens is 375 g/mol. The fourth-order valence-electron chi connectivity index (χ4n) is 2.76. The van der Waals surface area contributed by atoms with Crippen LogP contribution in [0.1, 0.15) is 48.1 Å². The topological polar surface area (TPSA) is 54.0 Å². The Hall–Kier alpha value is -2.48. The molecule has 0 aliphatic heterocycles. The quantitative estimate of drug-likeness (QED) is 0.769. The zero-order valence-electron chi connectivity index (χ0n) is 15.1. The van der Waals surface area contributed by atoms with Crippen LogP contribution in [-0.2, 0) is 11.0 Å². The van der Waals surface area contributed by atoms with Crippen molar-refractivity contribution in [3.63, 3.8) is 0 Å². The molecule has 1 unspecified atom stereocenters. The van der Waals surface area contributed by atoms with Gasteiger partial charge in [-0.3, -0.25) is 9.78 Å². The van der Waals surface area contributed by atoms with Crippen LogP contribution >= 0.6 is 12.2 Å². The lowest BCUT2D eigenvalue weighted by Gasteiger charge is -2.22. The highest BCUT2D eigenvalue weighted by atomic mass is 32.1. The molecule has 0 bridgehead atoms. The number of amides is 1. The molecule has 1 aromatic heterocycles. The van der Waals surface area contributed by atoms with E-state index in [1.54, 1.807) is 19.2 Å². The molecule has 2 rings (SSSR count). The van der Waals surface area contributed by atoms with Crippen LogP contribution < -0.4 is 10.6 Å². The van der Waals surface area contributed by atoms with E-state index >= 15 is 0 Å². The normalized spacial score (nSPS) is 12.6. The third-order valence-corrected chi connectivity index (χ3v) is 4.37. The number of nitrogens with one attached hydrogen (secondary N) is 2. The molecule has 1 amide bonds. The number of carbonyl (C=O) groups excluding carboxylic acids is 1. The first kappa shape index (κ1) is 20.8. The fourth-order valence-corrected chi connectivity index (χ4v) is 2.86. The van der Waals surface area contributed by atoms with Crippen molar-refractivity contribution < 1.29 is 18.0 Å². The zero-order chi connectivity index (χ0) is 20.2. The maximum atomic E-state index is 13.1. The number of benzene rings is 1. The number of hydrogen-bond acceptors (Lipinski definition) is 3. The van der Waals surface area contributed by atoms with Gasteiger partial charge in [-0.1, -0.05) is 38.1 Å². The van der Waals surface area contributed by atoms with Crippen LogP contribution in [0.5, 0.6) is 0 Å². The number of hydrogen-bond donors (Lipinski definition) is 2. The highest BCUT2D eigenvalue weighted by Gasteiger charge is 2.33. The van der Waals surface area contributed by atoms with Crippen molar-refractivity contribution in [1.29, 1.82) is 0 Å². The Morgan fingerprint density at radius 3 is 2.33 bits per heavy atom. The van der Waals surface area contributed by atoms with Crippen LogP contribution in [0.4, 0.5) is 13.2 Å². The number of halogens is 3. The number of pyridine rings is 1. The molecule has 4 nitrogen and oxygen atoms in total. The van der Waals surface area contributed by atoms with Gasteiger partial charge < -0.3 is 10.6 Å². The third-order valence-electron chi connectivity index (χ3n) is 4.06. The third kappa shape index (κ3) is 5.03. The summed E-state index contributed by atoms with van der Waals surface area (Å²) in [6.45, 7) is 3.90. The Morgan fingerprint density at radius 1 is 1.15 bits per heavy atom. The molecule has 144 valence electrons. The molecule has 27 heavy (non-hydrogen) atoms. The molecule has 0 radical (unpaired) electrons. The first-order chi connectivity index (χ1) is 12.6.